The highest BCUT2D eigenvalue weighted by Crippen LogP contribution is 2.44. The summed E-state index contributed by atoms with van der Waals surface area (Å²) < 4.78 is 0. The maximum atomic E-state index is 12.5. The summed E-state index contributed by atoms with van der Waals surface area (Å²) in [5, 5.41) is 7.26. The van der Waals surface area contributed by atoms with Crippen molar-refractivity contribution in [2.24, 2.45) is 5.92 Å². The molecule has 2 heterocycles. The molecule has 1 fully saturated rings. The molecular weight excluding hydrogens is 360 g/mol. The lowest BCUT2D eigenvalue weighted by molar-refractivity contribution is -0.117. The first-order valence-corrected chi connectivity index (χ1v) is 10.7. The third kappa shape index (κ3) is 3.84. The summed E-state index contributed by atoms with van der Waals surface area (Å²) in [6, 6.07) is 17.7. The number of anilines is 3. The van der Waals surface area contributed by atoms with E-state index in [1.807, 2.05) is 11.0 Å². The molecule has 5 nitrogen and oxygen atoms in total. The van der Waals surface area contributed by atoms with Gasteiger partial charge in [0.05, 0.1) is 6.04 Å². The molecule has 2 aromatic carbocycles. The van der Waals surface area contributed by atoms with Crippen LogP contribution in [0.1, 0.15) is 39.3 Å². The van der Waals surface area contributed by atoms with Gasteiger partial charge >= 0.3 is 0 Å². The molecule has 154 valence electrons. The minimum atomic E-state index is 0.104. The number of nitrogens with one attached hydrogen (secondary N) is 2. The number of piperazine rings is 1. The fraction of sp³-hybridized carbons (Fsp3) is 0.458. The summed E-state index contributed by atoms with van der Waals surface area (Å²) in [5.41, 5.74) is 4.59. The zero-order valence-electron chi connectivity index (χ0n) is 17.9. The molecule has 0 bridgehead atoms. The summed E-state index contributed by atoms with van der Waals surface area (Å²) in [5.74, 6) is 0.385. The molecular formula is C24H32N4O. The van der Waals surface area contributed by atoms with Crippen molar-refractivity contribution < 1.29 is 4.79 Å². The van der Waals surface area contributed by atoms with Gasteiger partial charge in [-0.15, -0.1) is 0 Å². The van der Waals surface area contributed by atoms with Crippen LogP contribution in [0.3, 0.4) is 0 Å². The van der Waals surface area contributed by atoms with Crippen LogP contribution in [0.2, 0.25) is 0 Å². The molecule has 0 aromatic heterocycles. The predicted octanol–water partition coefficient (Wildman–Crippen LogP) is 4.03. The third-order valence-electron chi connectivity index (χ3n) is 6.47. The maximum Gasteiger partial charge on any atom is 0.224 e. The molecule has 2 aliphatic rings. The quantitative estimate of drug-likeness (QED) is 0.828. The first-order valence-electron chi connectivity index (χ1n) is 10.7. The van der Waals surface area contributed by atoms with E-state index < -0.39 is 0 Å². The molecule has 0 aliphatic carbocycles. The van der Waals surface area contributed by atoms with Gasteiger partial charge < -0.3 is 20.4 Å². The smallest absolute Gasteiger partial charge is 0.224 e. The van der Waals surface area contributed by atoms with E-state index in [1.54, 1.807) is 6.92 Å². The fourth-order valence-corrected chi connectivity index (χ4v) is 4.77. The van der Waals surface area contributed by atoms with E-state index in [1.165, 1.54) is 11.3 Å². The number of amides is 1. The van der Waals surface area contributed by atoms with Gasteiger partial charge in [-0.1, -0.05) is 25.1 Å². The van der Waals surface area contributed by atoms with Crippen molar-refractivity contribution in [2.75, 3.05) is 34.8 Å². The molecule has 0 radical (unpaired) electrons. The van der Waals surface area contributed by atoms with Gasteiger partial charge in [-0.05, 0) is 44.2 Å². The van der Waals surface area contributed by atoms with Gasteiger partial charge in [0.15, 0.2) is 0 Å². The van der Waals surface area contributed by atoms with Crippen molar-refractivity contribution in [3.05, 3.63) is 54.1 Å². The number of rotatable bonds is 3. The monoisotopic (exact) mass is 392 g/mol. The van der Waals surface area contributed by atoms with Crippen LogP contribution < -0.4 is 20.4 Å². The molecule has 2 aromatic rings. The first-order chi connectivity index (χ1) is 14.0. The van der Waals surface area contributed by atoms with Crippen molar-refractivity contribution in [1.29, 1.82) is 0 Å². The number of hydrogen-bond donors (Lipinski definition) is 2. The Labute approximate surface area is 174 Å². The van der Waals surface area contributed by atoms with Crippen LogP contribution in [0.25, 0.3) is 0 Å². The third-order valence-corrected chi connectivity index (χ3v) is 6.47. The zero-order valence-corrected chi connectivity index (χ0v) is 17.9. The molecule has 1 saturated heterocycles. The molecule has 1 amide bonds. The Balaban J connectivity index is 1.76. The number of carbonyl (C=O) groups is 1. The average Bonchev–Trinajstić information content (AvgIpc) is 2.72. The average molecular weight is 393 g/mol. The molecule has 0 spiro atoms. The standard InChI is InChI=1S/C24H32N4O/c1-16-15-27(13-12-25-16)21-10-11-23-22(14-21)24(26-20-8-6-5-7-9-20)17(2)18(3)28(23)19(4)29/h5-11,14,16-18,24-26H,12-13,15H2,1-4H3/t16?,17-,18-,24?/m0/s1. The Morgan fingerprint density at radius 3 is 2.55 bits per heavy atom. The summed E-state index contributed by atoms with van der Waals surface area (Å²) in [7, 11) is 0. The lowest BCUT2D eigenvalue weighted by Crippen LogP contribution is -2.50. The van der Waals surface area contributed by atoms with Crippen LogP contribution in [0.4, 0.5) is 17.1 Å². The Hall–Kier alpha value is -2.53. The van der Waals surface area contributed by atoms with Gasteiger partial charge in [-0.3, -0.25) is 4.79 Å². The summed E-state index contributed by atoms with van der Waals surface area (Å²) in [6.07, 6.45) is 0. The number of para-hydroxylation sites is 1. The van der Waals surface area contributed by atoms with Crippen LogP contribution in [0.15, 0.2) is 48.5 Å². The van der Waals surface area contributed by atoms with Gasteiger partial charge in [0, 0.05) is 67.2 Å². The van der Waals surface area contributed by atoms with Crippen LogP contribution in [0.5, 0.6) is 0 Å². The highest BCUT2D eigenvalue weighted by atomic mass is 16.2. The number of hydrogen-bond acceptors (Lipinski definition) is 4. The van der Waals surface area contributed by atoms with Gasteiger partial charge in [0.25, 0.3) is 0 Å². The normalized spacial score (nSPS) is 26.8. The van der Waals surface area contributed by atoms with Crippen molar-refractivity contribution in [3.63, 3.8) is 0 Å². The van der Waals surface area contributed by atoms with Crippen LogP contribution >= 0.6 is 0 Å². The van der Waals surface area contributed by atoms with Gasteiger partial charge in [0.1, 0.15) is 0 Å². The van der Waals surface area contributed by atoms with Gasteiger partial charge in [-0.2, -0.15) is 0 Å². The van der Waals surface area contributed by atoms with E-state index in [0.29, 0.717) is 6.04 Å². The van der Waals surface area contributed by atoms with Crippen LogP contribution in [-0.2, 0) is 4.79 Å². The molecule has 2 aliphatic heterocycles. The second-order valence-electron chi connectivity index (χ2n) is 8.52. The lowest BCUT2D eigenvalue weighted by atomic mass is 9.82. The van der Waals surface area contributed by atoms with Gasteiger partial charge in [-0.25, -0.2) is 0 Å². The fourth-order valence-electron chi connectivity index (χ4n) is 4.77. The molecule has 2 unspecified atom stereocenters. The molecule has 2 N–H and O–H groups in total. The lowest BCUT2D eigenvalue weighted by Gasteiger charge is -2.45. The Morgan fingerprint density at radius 1 is 1.10 bits per heavy atom. The van der Waals surface area contributed by atoms with E-state index in [9.17, 15) is 4.79 Å². The first kappa shape index (κ1) is 19.8. The van der Waals surface area contributed by atoms with Crippen molar-refractivity contribution >= 4 is 23.0 Å². The highest BCUT2D eigenvalue weighted by Gasteiger charge is 2.38. The predicted molar refractivity (Wildman–Crippen MR) is 121 cm³/mol. The maximum absolute atomic E-state index is 12.5. The summed E-state index contributed by atoms with van der Waals surface area (Å²) >= 11 is 0. The van der Waals surface area contributed by atoms with E-state index in [0.717, 1.165) is 31.0 Å². The van der Waals surface area contributed by atoms with E-state index >= 15 is 0 Å². The number of carbonyl (C=O) groups excluding carboxylic acids is 1. The summed E-state index contributed by atoms with van der Waals surface area (Å²) in [4.78, 5) is 16.9. The molecule has 4 rings (SSSR count). The summed E-state index contributed by atoms with van der Waals surface area (Å²) in [6.45, 7) is 11.3. The van der Waals surface area contributed by atoms with Gasteiger partial charge in [0.2, 0.25) is 5.91 Å². The molecule has 4 atom stereocenters. The minimum absolute atomic E-state index is 0.104. The van der Waals surface area contributed by atoms with E-state index in [2.05, 4.69) is 78.8 Å². The molecule has 0 saturated carbocycles. The second-order valence-corrected chi connectivity index (χ2v) is 8.52. The van der Waals surface area contributed by atoms with Crippen molar-refractivity contribution in [2.45, 2.75) is 45.8 Å². The van der Waals surface area contributed by atoms with Crippen molar-refractivity contribution in [1.82, 2.24) is 5.32 Å². The van der Waals surface area contributed by atoms with Crippen molar-refractivity contribution in [3.8, 4) is 0 Å². The van der Waals surface area contributed by atoms with E-state index in [-0.39, 0.29) is 23.9 Å². The topological polar surface area (TPSA) is 47.6 Å². The number of nitrogens with zero attached hydrogens (tertiary/aromatic N) is 2. The SMILES string of the molecule is CC(=O)N1c2ccc(N3CCNC(C)C3)cc2C(Nc2ccccc2)[C@@H](C)[C@@H]1C. The zero-order chi connectivity index (χ0) is 20.5. The second kappa shape index (κ2) is 8.07. The molecule has 5 heteroatoms. The minimum Gasteiger partial charge on any atom is -0.378 e. The largest absolute Gasteiger partial charge is 0.378 e. The van der Waals surface area contributed by atoms with E-state index in [4.69, 9.17) is 0 Å². The van der Waals surface area contributed by atoms with Crippen LogP contribution in [0, 0.1) is 5.92 Å². The molecule has 29 heavy (non-hydrogen) atoms. The Bertz CT molecular complexity index is 868. The Morgan fingerprint density at radius 2 is 1.86 bits per heavy atom. The van der Waals surface area contributed by atoms with Crippen LogP contribution in [-0.4, -0.2) is 37.6 Å². The highest BCUT2D eigenvalue weighted by molar-refractivity contribution is 5.94. The number of benzene rings is 2. The number of fused-ring (bicyclic) bond motifs is 1. The Kier molecular flexibility index (Phi) is 5.50.